The Labute approximate surface area is 119 Å². The molecule has 10 heteroatoms. The third-order valence-electron chi connectivity index (χ3n) is 3.18. The lowest BCUT2D eigenvalue weighted by atomic mass is 10.2. The number of nitrogen functional groups attached to an aromatic ring is 1. The number of nitrogens with zero attached hydrogens (tertiary/aromatic N) is 3. The van der Waals surface area contributed by atoms with Crippen molar-refractivity contribution >= 4 is 26.7 Å². The van der Waals surface area contributed by atoms with Gasteiger partial charge in [-0.3, -0.25) is 13.9 Å². The molecule has 21 heavy (non-hydrogen) atoms. The van der Waals surface area contributed by atoms with Crippen molar-refractivity contribution in [1.29, 1.82) is 0 Å². The van der Waals surface area contributed by atoms with Crippen molar-refractivity contribution in [2.45, 2.75) is 31.8 Å². The molecular weight excluding hydrogens is 298 g/mol. The van der Waals surface area contributed by atoms with Crippen molar-refractivity contribution in [3.8, 4) is 0 Å². The zero-order valence-electron chi connectivity index (χ0n) is 11.5. The molecule has 4 N–H and O–H groups in total. The number of primary sulfonamides is 1. The minimum Gasteiger partial charge on any atom is -0.397 e. The van der Waals surface area contributed by atoms with Crippen LogP contribution in [0.15, 0.2) is 20.7 Å². The Morgan fingerprint density at radius 2 is 1.76 bits per heavy atom. The second kappa shape index (κ2) is 4.97. The molecule has 0 fully saturated rings. The Morgan fingerprint density at radius 1 is 1.19 bits per heavy atom. The summed E-state index contributed by atoms with van der Waals surface area (Å²) >= 11 is 0. The summed E-state index contributed by atoms with van der Waals surface area (Å²) in [7, 11) is -4.11. The van der Waals surface area contributed by atoms with Crippen LogP contribution < -0.4 is 22.1 Å². The molecule has 2 aromatic rings. The lowest BCUT2D eigenvalue weighted by Crippen LogP contribution is -2.40. The van der Waals surface area contributed by atoms with E-state index in [4.69, 9.17) is 10.9 Å². The fraction of sp³-hybridized carbons (Fsp3) is 0.364. The van der Waals surface area contributed by atoms with Gasteiger partial charge in [0.2, 0.25) is 10.0 Å². The number of sulfonamides is 1. The van der Waals surface area contributed by atoms with Gasteiger partial charge < -0.3 is 5.73 Å². The van der Waals surface area contributed by atoms with Crippen LogP contribution in [0.25, 0.3) is 11.0 Å². The van der Waals surface area contributed by atoms with E-state index in [-0.39, 0.29) is 29.8 Å². The molecule has 0 bridgehead atoms. The fourth-order valence-corrected chi connectivity index (χ4v) is 2.77. The van der Waals surface area contributed by atoms with Crippen molar-refractivity contribution < 1.29 is 8.42 Å². The van der Waals surface area contributed by atoms with Gasteiger partial charge in [0, 0.05) is 13.1 Å². The highest BCUT2D eigenvalue weighted by atomic mass is 32.2. The predicted octanol–water partition coefficient (Wildman–Crippen LogP) is -1.17. The predicted molar refractivity (Wildman–Crippen MR) is 77.4 cm³/mol. The largest absolute Gasteiger partial charge is 0.397 e. The van der Waals surface area contributed by atoms with Crippen molar-refractivity contribution in [3.05, 3.63) is 27.0 Å². The molecule has 0 amide bonds. The Hall–Kier alpha value is -2.20. The number of aromatic nitrogens is 3. The molecule has 0 aliphatic heterocycles. The number of pyridine rings is 1. The molecule has 2 rings (SSSR count). The molecule has 114 valence electrons. The molecule has 0 aliphatic rings. The van der Waals surface area contributed by atoms with Crippen LogP contribution in [0.3, 0.4) is 0 Å². The summed E-state index contributed by atoms with van der Waals surface area (Å²) in [5, 5.41) is 4.92. The van der Waals surface area contributed by atoms with Gasteiger partial charge in [0.1, 0.15) is 10.3 Å². The number of anilines is 1. The smallest absolute Gasteiger partial charge is 0.332 e. The first kappa shape index (κ1) is 15.2. The Bertz CT molecular complexity index is 942. The number of hydrogen-bond donors (Lipinski definition) is 2. The summed E-state index contributed by atoms with van der Waals surface area (Å²) in [6.45, 7) is 3.72. The maximum absolute atomic E-state index is 12.3. The quantitative estimate of drug-likeness (QED) is 0.730. The van der Waals surface area contributed by atoms with E-state index in [2.05, 4.69) is 4.98 Å². The van der Waals surface area contributed by atoms with E-state index in [0.29, 0.717) is 0 Å². The second-order valence-corrected chi connectivity index (χ2v) is 5.89. The number of hydrogen-bond acceptors (Lipinski definition) is 6. The minimum absolute atomic E-state index is 0.0436. The van der Waals surface area contributed by atoms with Gasteiger partial charge in [-0.15, -0.1) is 0 Å². The van der Waals surface area contributed by atoms with E-state index in [1.165, 1.54) is 4.57 Å². The molecule has 0 atom stereocenters. The lowest BCUT2D eigenvalue weighted by molar-refractivity contribution is 0.596. The highest BCUT2D eigenvalue weighted by Gasteiger charge is 2.21. The zero-order valence-corrected chi connectivity index (χ0v) is 12.3. The standard InChI is InChI=1S/C11H15N5O4S/c1-3-15-9-7(10(17)16(4-2)11(15)18)8(12)6(5-14-9)21(13,19)20/h5H,3-4H2,1-2H3,(H2,12,14)(H2,13,19,20). The van der Waals surface area contributed by atoms with Crippen LogP contribution >= 0.6 is 0 Å². The SMILES string of the molecule is CCn1c(=O)c2c(N)c(S(N)(=O)=O)cnc2n(CC)c1=O. The highest BCUT2D eigenvalue weighted by Crippen LogP contribution is 2.22. The number of aryl methyl sites for hydroxylation is 1. The summed E-state index contributed by atoms with van der Waals surface area (Å²) in [5.74, 6) is 0. The van der Waals surface area contributed by atoms with Gasteiger partial charge in [0.25, 0.3) is 5.56 Å². The van der Waals surface area contributed by atoms with Crippen LogP contribution in [0.4, 0.5) is 5.69 Å². The molecule has 0 aliphatic carbocycles. The molecule has 9 nitrogen and oxygen atoms in total. The van der Waals surface area contributed by atoms with Crippen molar-refractivity contribution in [1.82, 2.24) is 14.1 Å². The van der Waals surface area contributed by atoms with Gasteiger partial charge in [-0.1, -0.05) is 0 Å². The summed E-state index contributed by atoms with van der Waals surface area (Å²) in [5.41, 5.74) is 4.32. The molecule has 0 saturated heterocycles. The van der Waals surface area contributed by atoms with Gasteiger partial charge in [-0.05, 0) is 13.8 Å². The Balaban J connectivity index is 3.16. The van der Waals surface area contributed by atoms with E-state index in [0.717, 1.165) is 10.8 Å². The Morgan fingerprint density at radius 3 is 2.24 bits per heavy atom. The van der Waals surface area contributed by atoms with Gasteiger partial charge >= 0.3 is 5.69 Å². The molecule has 0 spiro atoms. The van der Waals surface area contributed by atoms with Crippen molar-refractivity contribution in [3.63, 3.8) is 0 Å². The summed E-state index contributed by atoms with van der Waals surface area (Å²) in [4.78, 5) is 28.0. The van der Waals surface area contributed by atoms with Gasteiger partial charge in [0.05, 0.1) is 11.9 Å². The second-order valence-electron chi connectivity index (χ2n) is 4.36. The zero-order chi connectivity index (χ0) is 15.9. The molecule has 0 radical (unpaired) electrons. The topological polar surface area (TPSA) is 143 Å². The summed E-state index contributed by atoms with van der Waals surface area (Å²) in [6.07, 6.45) is 0.953. The lowest BCUT2D eigenvalue weighted by Gasteiger charge is -2.13. The van der Waals surface area contributed by atoms with Gasteiger partial charge in [0.15, 0.2) is 5.65 Å². The van der Waals surface area contributed by atoms with Crippen molar-refractivity contribution in [2.24, 2.45) is 5.14 Å². The third-order valence-corrected chi connectivity index (χ3v) is 4.12. The maximum atomic E-state index is 12.3. The number of rotatable bonds is 3. The highest BCUT2D eigenvalue weighted by molar-refractivity contribution is 7.89. The van der Waals surface area contributed by atoms with Crippen LogP contribution in [-0.4, -0.2) is 22.5 Å². The van der Waals surface area contributed by atoms with Crippen LogP contribution in [0.5, 0.6) is 0 Å². The fourth-order valence-electron chi connectivity index (χ4n) is 2.16. The molecule has 2 aromatic heterocycles. The van der Waals surface area contributed by atoms with Gasteiger partial charge in [-0.2, -0.15) is 0 Å². The Kier molecular flexibility index (Phi) is 3.59. The first-order chi connectivity index (χ1) is 9.73. The minimum atomic E-state index is -4.11. The van der Waals surface area contributed by atoms with Gasteiger partial charge in [-0.25, -0.2) is 23.3 Å². The molecular formula is C11H15N5O4S. The van der Waals surface area contributed by atoms with E-state index in [1.807, 2.05) is 0 Å². The van der Waals surface area contributed by atoms with Crippen LogP contribution in [0.2, 0.25) is 0 Å². The number of fused-ring (bicyclic) bond motifs is 1. The molecule has 0 saturated carbocycles. The third kappa shape index (κ3) is 2.21. The van der Waals surface area contributed by atoms with Crippen LogP contribution in [-0.2, 0) is 23.1 Å². The summed E-state index contributed by atoms with van der Waals surface area (Å²) < 4.78 is 25.2. The number of nitrogens with two attached hydrogens (primary N) is 2. The van der Waals surface area contributed by atoms with Crippen LogP contribution in [0.1, 0.15) is 13.8 Å². The molecule has 0 aromatic carbocycles. The van der Waals surface area contributed by atoms with E-state index in [1.54, 1.807) is 13.8 Å². The van der Waals surface area contributed by atoms with E-state index in [9.17, 15) is 18.0 Å². The molecule has 0 unspecified atom stereocenters. The van der Waals surface area contributed by atoms with Crippen LogP contribution in [0, 0.1) is 0 Å². The maximum Gasteiger partial charge on any atom is 0.332 e. The monoisotopic (exact) mass is 313 g/mol. The normalized spacial score (nSPS) is 12.0. The average molecular weight is 313 g/mol. The first-order valence-electron chi connectivity index (χ1n) is 6.18. The van der Waals surface area contributed by atoms with E-state index < -0.39 is 26.2 Å². The first-order valence-corrected chi connectivity index (χ1v) is 7.73. The average Bonchev–Trinajstić information content (AvgIpc) is 2.38. The van der Waals surface area contributed by atoms with E-state index >= 15 is 0 Å². The summed E-state index contributed by atoms with van der Waals surface area (Å²) in [6, 6.07) is 0. The van der Waals surface area contributed by atoms with Crippen molar-refractivity contribution in [2.75, 3.05) is 5.73 Å². The molecule has 2 heterocycles.